The van der Waals surface area contributed by atoms with Crippen molar-refractivity contribution >= 4 is 65.0 Å². The second-order valence-corrected chi connectivity index (χ2v) is 18.3. The van der Waals surface area contributed by atoms with Crippen molar-refractivity contribution in [1.29, 1.82) is 0 Å². The molecule has 1 heteroatoms. The Morgan fingerprint density at radius 1 is 0.242 bits per heavy atom. The third kappa shape index (κ3) is 4.79. The molecule has 0 saturated heterocycles. The Kier molecular flexibility index (Phi) is 7.21. The minimum absolute atomic E-state index is 0.418. The summed E-state index contributed by atoms with van der Waals surface area (Å²) in [6, 6.07) is 86.1. The Hall–Kier alpha value is -8.52. The summed E-state index contributed by atoms with van der Waals surface area (Å²) in [6.45, 7) is 0. The Morgan fingerprint density at radius 3 is 1.38 bits per heavy atom. The maximum Gasteiger partial charge on any atom is 0.135 e. The van der Waals surface area contributed by atoms with Crippen LogP contribution in [0.15, 0.2) is 235 Å². The SMILES string of the molecule is c1cc(-c2ccc3cc4c(cc3c2)C2(c3ccccc3-c3ccccc32)c2cc3ccccc3cc2-4)cc(-c2c3ccccc3c(-c3ccc4oc5ccccc5c4c3)c3ccccc23)c1. The minimum Gasteiger partial charge on any atom is -0.456 e. The topological polar surface area (TPSA) is 13.1 Å². The summed E-state index contributed by atoms with van der Waals surface area (Å²) in [5.74, 6) is 0. The van der Waals surface area contributed by atoms with E-state index < -0.39 is 5.41 Å². The molecule has 0 bridgehead atoms. The lowest BCUT2D eigenvalue weighted by molar-refractivity contribution is 0.669. The van der Waals surface area contributed by atoms with Crippen LogP contribution in [0.2, 0.25) is 0 Å². The van der Waals surface area contributed by atoms with Gasteiger partial charge in [0.05, 0.1) is 5.41 Å². The van der Waals surface area contributed by atoms with Crippen molar-refractivity contribution in [1.82, 2.24) is 0 Å². The second kappa shape index (κ2) is 13.3. The highest BCUT2D eigenvalue weighted by molar-refractivity contribution is 6.22. The smallest absolute Gasteiger partial charge is 0.135 e. The molecular formula is C65H38O. The molecule has 1 aromatic heterocycles. The van der Waals surface area contributed by atoms with E-state index >= 15 is 0 Å². The summed E-state index contributed by atoms with van der Waals surface area (Å²) in [5.41, 5.74) is 19.5. The molecular weight excluding hydrogens is 797 g/mol. The lowest BCUT2D eigenvalue weighted by atomic mass is 9.70. The molecule has 0 fully saturated rings. The van der Waals surface area contributed by atoms with Crippen LogP contribution in [-0.2, 0) is 5.41 Å². The maximum atomic E-state index is 6.26. The molecule has 66 heavy (non-hydrogen) atoms. The first-order chi connectivity index (χ1) is 32.7. The zero-order valence-corrected chi connectivity index (χ0v) is 35.8. The highest BCUT2D eigenvalue weighted by Gasteiger charge is 2.51. The monoisotopic (exact) mass is 834 g/mol. The van der Waals surface area contributed by atoms with Crippen molar-refractivity contribution in [2.24, 2.45) is 0 Å². The summed E-state index contributed by atoms with van der Waals surface area (Å²) < 4.78 is 6.26. The van der Waals surface area contributed by atoms with Crippen LogP contribution < -0.4 is 0 Å². The third-order valence-corrected chi connectivity index (χ3v) is 15.0. The van der Waals surface area contributed by atoms with E-state index in [4.69, 9.17) is 4.42 Å². The van der Waals surface area contributed by atoms with E-state index in [-0.39, 0.29) is 0 Å². The van der Waals surface area contributed by atoms with Gasteiger partial charge in [0, 0.05) is 10.8 Å². The number of fused-ring (bicyclic) bond motifs is 17. The van der Waals surface area contributed by atoms with Crippen LogP contribution >= 0.6 is 0 Å². The molecule has 2 aliphatic carbocycles. The summed E-state index contributed by atoms with van der Waals surface area (Å²) in [5, 5.41) is 12.3. The van der Waals surface area contributed by atoms with Crippen molar-refractivity contribution in [3.63, 3.8) is 0 Å². The van der Waals surface area contributed by atoms with Gasteiger partial charge < -0.3 is 4.42 Å². The Morgan fingerprint density at radius 2 is 0.712 bits per heavy atom. The number of hydrogen-bond donors (Lipinski definition) is 0. The molecule has 1 nitrogen and oxygen atoms in total. The van der Waals surface area contributed by atoms with Gasteiger partial charge in [0.15, 0.2) is 0 Å². The van der Waals surface area contributed by atoms with Gasteiger partial charge in [-0.3, -0.25) is 0 Å². The van der Waals surface area contributed by atoms with Crippen LogP contribution in [-0.4, -0.2) is 0 Å². The quantitative estimate of drug-likeness (QED) is 0.162. The van der Waals surface area contributed by atoms with Crippen molar-refractivity contribution in [3.05, 3.63) is 253 Å². The molecule has 0 saturated carbocycles. The van der Waals surface area contributed by atoms with Gasteiger partial charge in [0.25, 0.3) is 0 Å². The van der Waals surface area contributed by atoms with Gasteiger partial charge in [-0.1, -0.05) is 176 Å². The summed E-state index contributed by atoms with van der Waals surface area (Å²) in [4.78, 5) is 0. The van der Waals surface area contributed by atoms with Crippen LogP contribution in [0.3, 0.4) is 0 Å². The van der Waals surface area contributed by atoms with Crippen LogP contribution in [0.4, 0.5) is 0 Å². The maximum absolute atomic E-state index is 6.26. The van der Waals surface area contributed by atoms with E-state index in [1.165, 1.54) is 121 Å². The van der Waals surface area contributed by atoms with E-state index in [0.717, 1.165) is 21.9 Å². The van der Waals surface area contributed by atoms with Gasteiger partial charge in [-0.2, -0.15) is 0 Å². The van der Waals surface area contributed by atoms with E-state index in [9.17, 15) is 0 Å². The molecule has 0 radical (unpaired) electrons. The zero-order valence-electron chi connectivity index (χ0n) is 35.8. The van der Waals surface area contributed by atoms with Crippen molar-refractivity contribution in [2.45, 2.75) is 5.41 Å². The molecule has 0 amide bonds. The van der Waals surface area contributed by atoms with Gasteiger partial charge >= 0.3 is 0 Å². The molecule has 304 valence electrons. The van der Waals surface area contributed by atoms with Crippen molar-refractivity contribution in [2.75, 3.05) is 0 Å². The fraction of sp³-hybridized carbons (Fsp3) is 0.0154. The molecule has 0 unspecified atom stereocenters. The Labute approximate surface area is 381 Å². The molecule has 0 N–H and O–H groups in total. The van der Waals surface area contributed by atoms with Crippen LogP contribution in [0.1, 0.15) is 22.3 Å². The molecule has 2 aliphatic rings. The van der Waals surface area contributed by atoms with E-state index in [2.05, 4.69) is 224 Å². The highest BCUT2D eigenvalue weighted by atomic mass is 16.3. The predicted molar refractivity (Wildman–Crippen MR) is 276 cm³/mol. The van der Waals surface area contributed by atoms with E-state index in [0.29, 0.717) is 0 Å². The molecule has 0 atom stereocenters. The van der Waals surface area contributed by atoms with E-state index in [1.807, 2.05) is 6.07 Å². The van der Waals surface area contributed by atoms with Crippen LogP contribution in [0.25, 0.3) is 121 Å². The fourth-order valence-corrected chi connectivity index (χ4v) is 12.2. The van der Waals surface area contributed by atoms with Crippen molar-refractivity contribution in [3.8, 4) is 55.6 Å². The highest BCUT2D eigenvalue weighted by Crippen LogP contribution is 2.63. The molecule has 12 aromatic carbocycles. The standard InChI is InChI=1S/C65H38O/c1-2-15-41-37-59-54(34-40(41)14-1)55-35-43-29-28-42(33-46(43)38-60(55)65(59)57-25-10-7-18-47(57)48-19-8-11-26-58(48)65)39-16-13-17-44(32-39)63-50-21-3-5-23-52(50)64(53-24-6-4-22-51(53)63)45-30-31-62-56(36-45)49-20-9-12-27-61(49)66-62/h1-38H. The largest absolute Gasteiger partial charge is 0.456 e. The lowest BCUT2D eigenvalue weighted by Gasteiger charge is -2.30. The summed E-state index contributed by atoms with van der Waals surface area (Å²) >= 11 is 0. The number of para-hydroxylation sites is 1. The first-order valence-corrected chi connectivity index (χ1v) is 23.0. The van der Waals surface area contributed by atoms with Gasteiger partial charge in [-0.15, -0.1) is 0 Å². The molecule has 15 rings (SSSR count). The Balaban J connectivity index is 0.916. The van der Waals surface area contributed by atoms with E-state index in [1.54, 1.807) is 0 Å². The average Bonchev–Trinajstić information content (AvgIpc) is 3.99. The normalized spacial score (nSPS) is 13.3. The number of rotatable bonds is 3. The van der Waals surface area contributed by atoms with Gasteiger partial charge in [-0.05, 0) is 176 Å². The summed E-state index contributed by atoms with van der Waals surface area (Å²) in [6.07, 6.45) is 0. The molecule has 13 aromatic rings. The lowest BCUT2D eigenvalue weighted by Crippen LogP contribution is -2.25. The average molecular weight is 835 g/mol. The number of furan rings is 1. The Bertz CT molecular complexity index is 4140. The molecule has 0 aliphatic heterocycles. The predicted octanol–water partition coefficient (Wildman–Crippen LogP) is 17.5. The first-order valence-electron chi connectivity index (χ1n) is 23.0. The van der Waals surface area contributed by atoms with Gasteiger partial charge in [0.2, 0.25) is 0 Å². The second-order valence-electron chi connectivity index (χ2n) is 18.3. The third-order valence-electron chi connectivity index (χ3n) is 15.0. The number of benzene rings is 12. The van der Waals surface area contributed by atoms with Gasteiger partial charge in [0.1, 0.15) is 11.2 Å². The molecule has 1 heterocycles. The first kappa shape index (κ1) is 35.9. The zero-order chi connectivity index (χ0) is 43.1. The summed E-state index contributed by atoms with van der Waals surface area (Å²) in [7, 11) is 0. The van der Waals surface area contributed by atoms with Gasteiger partial charge in [-0.25, -0.2) is 0 Å². The van der Waals surface area contributed by atoms with Crippen LogP contribution in [0, 0.1) is 0 Å². The van der Waals surface area contributed by atoms with Crippen LogP contribution in [0.5, 0.6) is 0 Å². The van der Waals surface area contributed by atoms with Crippen molar-refractivity contribution < 1.29 is 4.42 Å². The number of hydrogen-bond acceptors (Lipinski definition) is 1. The fourth-order valence-electron chi connectivity index (χ4n) is 12.2. The molecule has 1 spiro atoms. The minimum atomic E-state index is -0.418.